The fourth-order valence-electron chi connectivity index (χ4n) is 4.03. The molecule has 0 unspecified atom stereocenters. The average molecular weight is 597 g/mol. The molecule has 0 aliphatic rings. The number of ether oxygens (including phenoxy) is 2. The second kappa shape index (κ2) is 10.7. The predicted octanol–water partition coefficient (Wildman–Crippen LogP) is 6.10. The van der Waals surface area contributed by atoms with Crippen LogP contribution in [0.2, 0.25) is 0 Å². The summed E-state index contributed by atoms with van der Waals surface area (Å²) in [4.78, 5) is 18.5. The highest BCUT2D eigenvalue weighted by molar-refractivity contribution is 14.1. The minimum absolute atomic E-state index is 0.0786. The lowest BCUT2D eigenvalue weighted by atomic mass is 9.96. The van der Waals surface area contributed by atoms with Crippen LogP contribution in [0.5, 0.6) is 17.2 Å². The molecule has 0 bridgehead atoms. The molecule has 0 saturated carbocycles. The maximum Gasteiger partial charge on any atom is 0.282 e. The van der Waals surface area contributed by atoms with Crippen molar-refractivity contribution >= 4 is 39.7 Å². The summed E-state index contributed by atoms with van der Waals surface area (Å²) in [6.45, 7) is 8.42. The van der Waals surface area contributed by atoms with Gasteiger partial charge in [0.15, 0.2) is 17.3 Å². The predicted molar refractivity (Wildman–Crippen MR) is 152 cm³/mol. The van der Waals surface area contributed by atoms with E-state index in [4.69, 9.17) is 14.5 Å². The number of aromatic nitrogens is 2. The van der Waals surface area contributed by atoms with E-state index in [9.17, 15) is 9.90 Å². The van der Waals surface area contributed by atoms with Crippen LogP contribution in [0.15, 0.2) is 58.4 Å². The van der Waals surface area contributed by atoms with E-state index in [1.165, 1.54) is 4.68 Å². The summed E-state index contributed by atoms with van der Waals surface area (Å²) in [7, 11) is 1.66. The minimum atomic E-state index is -0.272. The topological polar surface area (TPSA) is 85.9 Å². The van der Waals surface area contributed by atoms with Crippen molar-refractivity contribution in [1.29, 1.82) is 0 Å². The highest BCUT2D eigenvalue weighted by atomic mass is 127. The molecule has 1 N–H and O–H groups in total. The summed E-state index contributed by atoms with van der Waals surface area (Å²) in [5.41, 5.74) is 3.75. The lowest BCUT2D eigenvalue weighted by Crippen LogP contribution is -2.20. The zero-order chi connectivity index (χ0) is 26.0. The molecule has 0 amide bonds. The van der Waals surface area contributed by atoms with Crippen molar-refractivity contribution in [3.63, 3.8) is 0 Å². The second-order valence-electron chi connectivity index (χ2n) is 8.66. The number of hydrogen-bond donors (Lipinski definition) is 1. The first-order valence-corrected chi connectivity index (χ1v) is 12.7. The van der Waals surface area contributed by atoms with Gasteiger partial charge in [-0.3, -0.25) is 4.79 Å². The highest BCUT2D eigenvalue weighted by Crippen LogP contribution is 2.34. The van der Waals surface area contributed by atoms with Gasteiger partial charge in [-0.15, -0.1) is 0 Å². The molecular weight excluding hydrogens is 569 g/mol. The molecule has 1 aromatic heterocycles. The van der Waals surface area contributed by atoms with Gasteiger partial charge in [0.1, 0.15) is 5.75 Å². The fraction of sp³-hybridized carbons (Fsp3) is 0.250. The summed E-state index contributed by atoms with van der Waals surface area (Å²) in [6, 6.07) is 14.7. The standard InChI is InChI=1S/C28H28IN3O4/c1-6-36-25-13-18(12-22(29)26(25)33)15-30-32-27(31-23-10-8-7-9-19(23)28(32)34)21-14-20(16(2)3)24(35-5)11-17(21)4/h7-16,33H,6H2,1-5H3. The van der Waals surface area contributed by atoms with Gasteiger partial charge in [0.05, 0.1) is 34.4 Å². The van der Waals surface area contributed by atoms with Gasteiger partial charge in [0.25, 0.3) is 5.56 Å². The maximum absolute atomic E-state index is 13.6. The SMILES string of the molecule is CCOc1cc(C=Nn2c(-c3cc(C(C)C)c(OC)cc3C)nc3ccccc3c2=O)cc(I)c1O. The van der Waals surface area contributed by atoms with Crippen LogP contribution in [0.3, 0.4) is 0 Å². The number of halogens is 1. The van der Waals surface area contributed by atoms with Crippen molar-refractivity contribution in [3.8, 4) is 28.6 Å². The zero-order valence-electron chi connectivity index (χ0n) is 20.9. The van der Waals surface area contributed by atoms with Crippen LogP contribution < -0.4 is 15.0 Å². The molecule has 186 valence electrons. The first-order valence-electron chi connectivity index (χ1n) is 11.7. The Balaban J connectivity index is 1.96. The summed E-state index contributed by atoms with van der Waals surface area (Å²) in [6.07, 6.45) is 1.58. The normalized spacial score (nSPS) is 11.5. The van der Waals surface area contributed by atoms with Crippen molar-refractivity contribution in [2.45, 2.75) is 33.6 Å². The molecule has 8 heteroatoms. The third-order valence-corrected chi connectivity index (χ3v) is 6.69. The van der Waals surface area contributed by atoms with Crippen LogP contribution in [0.4, 0.5) is 0 Å². The van der Waals surface area contributed by atoms with Crippen molar-refractivity contribution in [2.24, 2.45) is 5.10 Å². The molecule has 36 heavy (non-hydrogen) atoms. The van der Waals surface area contributed by atoms with Crippen LogP contribution in [0, 0.1) is 10.5 Å². The number of methoxy groups -OCH3 is 1. The molecule has 0 aliphatic carbocycles. The Morgan fingerprint density at radius 3 is 2.61 bits per heavy atom. The number of nitrogens with zero attached hydrogens (tertiary/aromatic N) is 3. The molecule has 1 heterocycles. The van der Waals surface area contributed by atoms with Crippen molar-refractivity contribution in [1.82, 2.24) is 9.66 Å². The van der Waals surface area contributed by atoms with Gasteiger partial charge < -0.3 is 14.6 Å². The molecule has 0 fully saturated rings. The minimum Gasteiger partial charge on any atom is -0.504 e. The van der Waals surface area contributed by atoms with Crippen LogP contribution >= 0.6 is 22.6 Å². The van der Waals surface area contributed by atoms with Crippen molar-refractivity contribution in [3.05, 3.63) is 79.1 Å². The molecule has 0 aliphatic heterocycles. The first kappa shape index (κ1) is 25.7. The number of fused-ring (bicyclic) bond motifs is 1. The Morgan fingerprint density at radius 1 is 1.17 bits per heavy atom. The summed E-state index contributed by atoms with van der Waals surface area (Å²) in [5, 5.41) is 15.3. The van der Waals surface area contributed by atoms with Gasteiger partial charge in [-0.1, -0.05) is 26.0 Å². The van der Waals surface area contributed by atoms with Gasteiger partial charge in [-0.2, -0.15) is 9.78 Å². The Bertz CT molecular complexity index is 1530. The number of phenols is 1. The maximum atomic E-state index is 13.6. The zero-order valence-corrected chi connectivity index (χ0v) is 23.0. The Hall–Kier alpha value is -3.40. The van der Waals surface area contributed by atoms with Gasteiger partial charge in [-0.05, 0) is 95.4 Å². The Kier molecular flexibility index (Phi) is 7.63. The summed E-state index contributed by atoms with van der Waals surface area (Å²) < 4.78 is 13.1. The lowest BCUT2D eigenvalue weighted by molar-refractivity contribution is 0.317. The monoisotopic (exact) mass is 597 g/mol. The van der Waals surface area contributed by atoms with E-state index in [1.54, 1.807) is 31.5 Å². The molecule has 3 aromatic carbocycles. The lowest BCUT2D eigenvalue weighted by Gasteiger charge is -2.17. The van der Waals surface area contributed by atoms with Crippen LogP contribution in [0.25, 0.3) is 22.3 Å². The molecule has 0 atom stereocenters. The third kappa shape index (κ3) is 4.95. The molecule has 0 radical (unpaired) electrons. The molecule has 4 aromatic rings. The number of para-hydroxylation sites is 1. The molecule has 0 spiro atoms. The Labute approximate surface area is 223 Å². The van der Waals surface area contributed by atoms with E-state index in [0.717, 1.165) is 22.4 Å². The largest absolute Gasteiger partial charge is 0.504 e. The number of hydrogen-bond acceptors (Lipinski definition) is 6. The number of phenolic OH excluding ortho intramolecular Hbond substituents is 1. The van der Waals surface area contributed by atoms with E-state index >= 15 is 0 Å². The quantitative estimate of drug-likeness (QED) is 0.206. The van der Waals surface area contributed by atoms with Crippen LogP contribution in [-0.2, 0) is 0 Å². The molecular formula is C28H28IN3O4. The second-order valence-corrected chi connectivity index (χ2v) is 9.82. The number of aromatic hydroxyl groups is 1. The number of rotatable bonds is 7. The number of aryl methyl sites for hydroxylation is 1. The summed E-state index contributed by atoms with van der Waals surface area (Å²) >= 11 is 2.04. The van der Waals surface area contributed by atoms with E-state index in [1.807, 2.05) is 66.8 Å². The highest BCUT2D eigenvalue weighted by Gasteiger charge is 2.18. The number of benzene rings is 3. The van der Waals surface area contributed by atoms with Crippen LogP contribution in [0.1, 0.15) is 43.4 Å². The first-order chi connectivity index (χ1) is 17.2. The van der Waals surface area contributed by atoms with Gasteiger partial charge >= 0.3 is 0 Å². The van der Waals surface area contributed by atoms with Gasteiger partial charge in [0.2, 0.25) is 0 Å². The fourth-order valence-corrected chi connectivity index (χ4v) is 4.66. The molecule has 0 saturated heterocycles. The van der Waals surface area contributed by atoms with Gasteiger partial charge in [0, 0.05) is 5.56 Å². The van der Waals surface area contributed by atoms with E-state index in [-0.39, 0.29) is 17.2 Å². The van der Waals surface area contributed by atoms with Crippen molar-refractivity contribution in [2.75, 3.05) is 13.7 Å². The smallest absolute Gasteiger partial charge is 0.282 e. The average Bonchev–Trinajstić information content (AvgIpc) is 2.86. The van der Waals surface area contributed by atoms with E-state index in [2.05, 4.69) is 18.9 Å². The molecule has 7 nitrogen and oxygen atoms in total. The van der Waals surface area contributed by atoms with Crippen molar-refractivity contribution < 1.29 is 14.6 Å². The van der Waals surface area contributed by atoms with Gasteiger partial charge in [-0.25, -0.2) is 4.98 Å². The molecule has 4 rings (SSSR count). The summed E-state index contributed by atoms with van der Waals surface area (Å²) in [5.74, 6) is 1.89. The van der Waals surface area contributed by atoms with Crippen LogP contribution in [-0.4, -0.2) is 34.7 Å². The van der Waals surface area contributed by atoms with E-state index in [0.29, 0.717) is 38.2 Å². The van der Waals surface area contributed by atoms with E-state index < -0.39 is 0 Å². The Morgan fingerprint density at radius 2 is 1.92 bits per heavy atom. The third-order valence-electron chi connectivity index (χ3n) is 5.87.